The molecular weight excluding hydrogens is 474 g/mol. The summed E-state index contributed by atoms with van der Waals surface area (Å²) in [6, 6.07) is 9.74. The molecule has 0 bridgehead atoms. The van der Waals surface area contributed by atoms with Crippen molar-refractivity contribution < 1.29 is 14.3 Å². The van der Waals surface area contributed by atoms with Crippen LogP contribution in [0.1, 0.15) is 20.3 Å². The predicted molar refractivity (Wildman–Crippen MR) is 131 cm³/mol. The van der Waals surface area contributed by atoms with Gasteiger partial charge in [0.25, 0.3) is 11.0 Å². The first kappa shape index (κ1) is 23.0. The molecule has 12 heteroatoms. The van der Waals surface area contributed by atoms with Crippen LogP contribution >= 0.6 is 23.1 Å². The second kappa shape index (κ2) is 9.45. The van der Waals surface area contributed by atoms with E-state index in [0.29, 0.717) is 34.4 Å². The van der Waals surface area contributed by atoms with Crippen LogP contribution < -0.4 is 15.0 Å². The van der Waals surface area contributed by atoms with Crippen LogP contribution in [-0.4, -0.2) is 69.7 Å². The highest BCUT2D eigenvalue weighted by molar-refractivity contribution is 7.99. The molecule has 2 N–H and O–H groups in total. The number of aromatic nitrogens is 5. The number of quaternary nitrogens is 1. The number of primary amides is 1. The maximum atomic E-state index is 11.7. The van der Waals surface area contributed by atoms with Crippen molar-refractivity contribution in [2.24, 2.45) is 5.73 Å². The second-order valence-corrected chi connectivity index (χ2v) is 10.2. The first-order valence-electron chi connectivity index (χ1n) is 11.2. The maximum Gasteiger partial charge on any atom is 0.287 e. The van der Waals surface area contributed by atoms with E-state index in [2.05, 4.69) is 35.2 Å². The molecule has 3 aromatic heterocycles. The molecule has 1 atom stereocenters. The summed E-state index contributed by atoms with van der Waals surface area (Å²) in [5.41, 5.74) is 7.10. The van der Waals surface area contributed by atoms with E-state index in [1.165, 1.54) is 11.8 Å². The maximum absolute atomic E-state index is 11.7. The van der Waals surface area contributed by atoms with Gasteiger partial charge in [0.15, 0.2) is 12.2 Å². The van der Waals surface area contributed by atoms with E-state index in [1.807, 2.05) is 18.2 Å². The van der Waals surface area contributed by atoms with Crippen LogP contribution in [0, 0.1) is 0 Å². The molecule has 1 amide bonds. The average Bonchev–Trinajstić information content (AvgIpc) is 3.58. The van der Waals surface area contributed by atoms with E-state index in [-0.39, 0.29) is 18.6 Å². The molecule has 34 heavy (non-hydrogen) atoms. The van der Waals surface area contributed by atoms with E-state index in [9.17, 15) is 4.79 Å². The minimum Gasteiger partial charge on any atom is -0.471 e. The van der Waals surface area contributed by atoms with Crippen LogP contribution in [0.15, 0.2) is 40.4 Å². The number of thiazole rings is 1. The lowest BCUT2D eigenvalue weighted by molar-refractivity contribution is -0.118. The van der Waals surface area contributed by atoms with Crippen LogP contribution in [0.5, 0.6) is 5.88 Å². The van der Waals surface area contributed by atoms with Crippen molar-refractivity contribution in [2.75, 3.05) is 32.8 Å². The van der Waals surface area contributed by atoms with Crippen LogP contribution in [0.3, 0.4) is 0 Å². The Kier molecular flexibility index (Phi) is 6.38. The molecule has 10 nitrogen and oxygen atoms in total. The highest BCUT2D eigenvalue weighted by atomic mass is 32.2. The monoisotopic (exact) mass is 500 g/mol. The number of likely N-dealkylation sites (N-methyl/N-ethyl adjacent to an activating group) is 1. The van der Waals surface area contributed by atoms with Crippen LogP contribution in [-0.2, 0) is 9.53 Å². The van der Waals surface area contributed by atoms with Crippen molar-refractivity contribution in [3.05, 3.63) is 30.3 Å². The zero-order valence-corrected chi connectivity index (χ0v) is 20.6. The highest BCUT2D eigenvalue weighted by Gasteiger charge is 2.32. The molecule has 4 aromatic rings. The van der Waals surface area contributed by atoms with Crippen molar-refractivity contribution >= 4 is 50.0 Å². The van der Waals surface area contributed by atoms with Gasteiger partial charge in [-0.15, -0.1) is 15.3 Å². The average molecular weight is 501 g/mol. The smallest absolute Gasteiger partial charge is 0.287 e. The normalized spacial score (nSPS) is 16.5. The van der Waals surface area contributed by atoms with E-state index in [1.54, 1.807) is 21.9 Å². The highest BCUT2D eigenvalue weighted by Crippen LogP contribution is 2.36. The van der Waals surface area contributed by atoms with E-state index >= 15 is 0 Å². The number of benzene rings is 1. The summed E-state index contributed by atoms with van der Waals surface area (Å²) in [7, 11) is 0. The van der Waals surface area contributed by atoms with E-state index < -0.39 is 0 Å². The molecule has 5 rings (SSSR count). The summed E-state index contributed by atoms with van der Waals surface area (Å²) in [6.07, 6.45) is 0.877. The Hall–Kier alpha value is -2.80. The van der Waals surface area contributed by atoms with Crippen molar-refractivity contribution in [2.45, 2.75) is 36.4 Å². The molecule has 0 radical (unpaired) electrons. The second-order valence-electron chi connectivity index (χ2n) is 8.16. The van der Waals surface area contributed by atoms with Gasteiger partial charge in [0.05, 0.1) is 36.5 Å². The van der Waals surface area contributed by atoms with Gasteiger partial charge in [-0.3, -0.25) is 9.28 Å². The fraction of sp³-hybridized carbons (Fsp3) is 0.409. The van der Waals surface area contributed by atoms with Gasteiger partial charge in [-0.1, -0.05) is 11.3 Å². The standard InChI is InChI=1S/C22H25N7O3S2/c1-3-29(4-2,12-18(23)30)22-24-16-6-5-15(11-17(16)34-22)33-21-26-25-19-7-8-20(27-28(19)21)32-14-9-10-31-13-14/h5-8,11,14H,3-4,9-10,12-13H2,1-2H3,(H-,23,30)/p+1. The van der Waals surface area contributed by atoms with Gasteiger partial charge >= 0.3 is 0 Å². The third-order valence-corrected chi connectivity index (χ3v) is 8.15. The molecule has 0 saturated carbocycles. The van der Waals surface area contributed by atoms with Crippen molar-refractivity contribution in [3.8, 4) is 5.88 Å². The first-order chi connectivity index (χ1) is 16.5. The quantitative estimate of drug-likeness (QED) is 0.349. The zero-order chi connectivity index (χ0) is 23.7. The zero-order valence-electron chi connectivity index (χ0n) is 19.0. The number of hydrogen-bond donors (Lipinski definition) is 1. The fourth-order valence-corrected chi connectivity index (χ4v) is 6.17. The molecule has 1 aliphatic rings. The molecule has 1 aliphatic heterocycles. The number of carbonyl (C=O) groups is 1. The molecule has 4 heterocycles. The van der Waals surface area contributed by atoms with Crippen molar-refractivity contribution in [1.29, 1.82) is 0 Å². The summed E-state index contributed by atoms with van der Waals surface area (Å²) >= 11 is 3.07. The Bertz CT molecular complexity index is 1330. The van der Waals surface area contributed by atoms with E-state index in [4.69, 9.17) is 20.2 Å². The number of fused-ring (bicyclic) bond motifs is 2. The fourth-order valence-electron chi connectivity index (χ4n) is 4.00. The van der Waals surface area contributed by atoms with Crippen molar-refractivity contribution in [1.82, 2.24) is 29.3 Å². The number of nitrogens with zero attached hydrogens (tertiary/aromatic N) is 6. The minimum absolute atomic E-state index is 0.0202. The summed E-state index contributed by atoms with van der Waals surface area (Å²) in [5, 5.41) is 14.7. The number of hydrogen-bond acceptors (Lipinski definition) is 9. The number of carbonyl (C=O) groups excluding carboxylic acids is 1. The summed E-state index contributed by atoms with van der Waals surface area (Å²) in [5.74, 6) is 0.198. The van der Waals surface area contributed by atoms with Gasteiger partial charge in [0.1, 0.15) is 6.10 Å². The lowest BCUT2D eigenvalue weighted by atomic mass is 10.3. The molecule has 0 aliphatic carbocycles. The van der Waals surface area contributed by atoms with Gasteiger partial charge in [0, 0.05) is 17.4 Å². The van der Waals surface area contributed by atoms with Gasteiger partial charge in [-0.2, -0.15) is 9.50 Å². The number of rotatable bonds is 9. The summed E-state index contributed by atoms with van der Waals surface area (Å²) in [4.78, 5) is 17.5. The Morgan fingerprint density at radius 1 is 1.29 bits per heavy atom. The number of ether oxygens (including phenoxy) is 2. The van der Waals surface area contributed by atoms with Crippen LogP contribution in [0.2, 0.25) is 0 Å². The van der Waals surface area contributed by atoms with Gasteiger partial charge in [-0.05, 0) is 49.9 Å². The van der Waals surface area contributed by atoms with E-state index in [0.717, 1.165) is 39.8 Å². The van der Waals surface area contributed by atoms with Crippen molar-refractivity contribution in [3.63, 3.8) is 0 Å². The molecule has 0 spiro atoms. The Balaban J connectivity index is 1.42. The Morgan fingerprint density at radius 2 is 2.15 bits per heavy atom. The summed E-state index contributed by atoms with van der Waals surface area (Å²) in [6.45, 7) is 7.13. The molecule has 1 unspecified atom stereocenters. The molecular formula is C22H26N7O3S2+. The third-order valence-electron chi connectivity index (χ3n) is 6.02. The molecule has 1 saturated heterocycles. The van der Waals surface area contributed by atoms with Crippen LogP contribution in [0.25, 0.3) is 15.9 Å². The predicted octanol–water partition coefficient (Wildman–Crippen LogP) is 2.89. The molecule has 1 fully saturated rings. The van der Waals surface area contributed by atoms with Gasteiger partial charge in [0.2, 0.25) is 11.0 Å². The van der Waals surface area contributed by atoms with Crippen LogP contribution in [0.4, 0.5) is 5.13 Å². The third kappa shape index (κ3) is 4.45. The SMILES string of the molecule is CC[N+](CC)(CC(N)=O)c1nc2ccc(Sc3nnc4ccc(OC5CCOC5)nn34)cc2s1. The van der Waals surface area contributed by atoms with Gasteiger partial charge in [-0.25, -0.2) is 0 Å². The largest absolute Gasteiger partial charge is 0.471 e. The summed E-state index contributed by atoms with van der Waals surface area (Å²) < 4.78 is 14.5. The molecule has 1 aromatic carbocycles. The van der Waals surface area contributed by atoms with Gasteiger partial charge < -0.3 is 15.2 Å². The Labute approximate surface area is 204 Å². The molecule has 178 valence electrons. The number of amides is 1. The first-order valence-corrected chi connectivity index (χ1v) is 12.8. The topological polar surface area (TPSA) is 118 Å². The lowest BCUT2D eigenvalue weighted by Gasteiger charge is -2.31. The lowest BCUT2D eigenvalue weighted by Crippen LogP contribution is -2.53. The minimum atomic E-state index is -0.325. The number of nitrogens with two attached hydrogens (primary N) is 1. The Morgan fingerprint density at radius 3 is 2.88 bits per heavy atom.